The highest BCUT2D eigenvalue weighted by atomic mass is 16.1. The normalized spacial score (nSPS) is 16.6. The fraction of sp³-hybridized carbons (Fsp3) is 0.333. The van der Waals surface area contributed by atoms with Crippen molar-refractivity contribution in [1.29, 1.82) is 0 Å². The summed E-state index contributed by atoms with van der Waals surface area (Å²) in [7, 11) is 0. The predicted octanol–water partition coefficient (Wildman–Crippen LogP) is 3.08. The molecule has 1 amide bonds. The van der Waals surface area contributed by atoms with E-state index in [2.05, 4.69) is 30.7 Å². The first-order chi connectivity index (χ1) is 15.8. The number of nitrogens with one attached hydrogen (secondary N) is 1. The predicted molar refractivity (Wildman–Crippen MR) is 121 cm³/mol. The number of aryl methyl sites for hydroxylation is 1. The van der Waals surface area contributed by atoms with E-state index in [-0.39, 0.29) is 11.9 Å². The molecule has 5 rings (SSSR count). The van der Waals surface area contributed by atoms with Crippen molar-refractivity contribution in [3.05, 3.63) is 84.7 Å². The molecule has 0 radical (unpaired) electrons. The second-order valence-corrected chi connectivity index (χ2v) is 8.13. The number of imidazole rings is 2. The molecule has 1 aliphatic rings. The van der Waals surface area contributed by atoms with Gasteiger partial charge in [-0.15, -0.1) is 0 Å². The first kappa shape index (κ1) is 20.4. The summed E-state index contributed by atoms with van der Waals surface area (Å²) in [5.41, 5.74) is 2.39. The Bertz CT molecular complexity index is 1170. The fourth-order valence-corrected chi connectivity index (χ4v) is 4.44. The monoisotopic (exact) mass is 429 g/mol. The third-order valence-corrected chi connectivity index (χ3v) is 5.98. The molecule has 8 heteroatoms. The zero-order chi connectivity index (χ0) is 21.8. The van der Waals surface area contributed by atoms with Crippen LogP contribution in [0.3, 0.4) is 0 Å². The molecule has 1 unspecified atom stereocenters. The Morgan fingerprint density at radius 2 is 2.06 bits per heavy atom. The molecule has 0 spiro atoms. The average Bonchev–Trinajstić information content (AvgIpc) is 3.57. The maximum absolute atomic E-state index is 13.0. The van der Waals surface area contributed by atoms with E-state index in [0.717, 1.165) is 55.9 Å². The molecule has 1 aliphatic heterocycles. The number of hydrogen-bond donors (Lipinski definition) is 1. The highest BCUT2D eigenvalue weighted by Gasteiger charge is 2.31. The molecule has 1 saturated heterocycles. The van der Waals surface area contributed by atoms with Gasteiger partial charge in [0.05, 0.1) is 23.6 Å². The summed E-state index contributed by atoms with van der Waals surface area (Å²) in [5.74, 6) is 0.803. The van der Waals surface area contributed by atoms with Crippen LogP contribution in [-0.2, 0) is 13.1 Å². The van der Waals surface area contributed by atoms with Crippen LogP contribution in [0.15, 0.2) is 67.5 Å². The number of carbonyl (C=O) groups excluding carboxylic acids is 1. The zero-order valence-electron chi connectivity index (χ0n) is 18.0. The minimum Gasteiger partial charge on any atom is -0.351 e. The van der Waals surface area contributed by atoms with Crippen LogP contribution in [0.2, 0.25) is 0 Å². The number of fused-ring (bicyclic) bond motifs is 1. The van der Waals surface area contributed by atoms with Gasteiger partial charge in [-0.05, 0) is 50.1 Å². The van der Waals surface area contributed by atoms with Gasteiger partial charge in [-0.1, -0.05) is 12.1 Å². The minimum atomic E-state index is -0.125. The fourth-order valence-electron chi connectivity index (χ4n) is 4.44. The van der Waals surface area contributed by atoms with Crippen LogP contribution < -0.4 is 5.32 Å². The topological polar surface area (TPSA) is 80.3 Å². The van der Waals surface area contributed by atoms with Crippen molar-refractivity contribution < 1.29 is 4.79 Å². The molecule has 5 heterocycles. The molecule has 8 nitrogen and oxygen atoms in total. The van der Waals surface area contributed by atoms with E-state index in [1.54, 1.807) is 12.5 Å². The van der Waals surface area contributed by atoms with Gasteiger partial charge in [0.2, 0.25) is 0 Å². The average molecular weight is 430 g/mol. The number of amides is 1. The Kier molecular flexibility index (Phi) is 5.93. The molecule has 0 saturated carbocycles. The second-order valence-electron chi connectivity index (χ2n) is 8.13. The Morgan fingerprint density at radius 3 is 2.91 bits per heavy atom. The van der Waals surface area contributed by atoms with E-state index >= 15 is 0 Å². The van der Waals surface area contributed by atoms with Crippen molar-refractivity contribution in [3.63, 3.8) is 0 Å². The Morgan fingerprint density at radius 1 is 1.12 bits per heavy atom. The van der Waals surface area contributed by atoms with E-state index in [1.807, 2.05) is 53.5 Å². The molecule has 1 fully saturated rings. The van der Waals surface area contributed by atoms with Crippen molar-refractivity contribution in [1.82, 2.24) is 34.1 Å². The number of nitrogens with zero attached hydrogens (tertiary/aromatic N) is 6. The number of likely N-dealkylation sites (tertiary alicyclic amines) is 1. The van der Waals surface area contributed by atoms with Crippen molar-refractivity contribution in [2.24, 2.45) is 0 Å². The van der Waals surface area contributed by atoms with Crippen molar-refractivity contribution >= 4 is 11.4 Å². The van der Waals surface area contributed by atoms with Crippen LogP contribution in [0.1, 0.15) is 47.3 Å². The summed E-state index contributed by atoms with van der Waals surface area (Å²) in [6.45, 7) is 3.19. The quantitative estimate of drug-likeness (QED) is 0.436. The van der Waals surface area contributed by atoms with Gasteiger partial charge in [0.25, 0.3) is 5.91 Å². The Labute approximate surface area is 186 Å². The first-order valence-electron chi connectivity index (χ1n) is 11.1. The molecular formula is C24H27N7O. The van der Waals surface area contributed by atoms with Crippen molar-refractivity contribution in [2.45, 2.75) is 38.4 Å². The van der Waals surface area contributed by atoms with Crippen LogP contribution in [0.25, 0.3) is 5.52 Å². The van der Waals surface area contributed by atoms with E-state index in [4.69, 9.17) is 4.98 Å². The minimum absolute atomic E-state index is 0.125. The lowest BCUT2D eigenvalue weighted by atomic mass is 10.2. The Balaban J connectivity index is 1.33. The van der Waals surface area contributed by atoms with E-state index in [1.165, 1.54) is 0 Å². The smallest absolute Gasteiger partial charge is 0.272 e. The molecule has 1 N–H and O–H groups in total. The molecular weight excluding hydrogens is 402 g/mol. The summed E-state index contributed by atoms with van der Waals surface area (Å²) >= 11 is 0. The highest BCUT2D eigenvalue weighted by Crippen LogP contribution is 2.33. The van der Waals surface area contributed by atoms with Crippen molar-refractivity contribution in [3.8, 4) is 0 Å². The van der Waals surface area contributed by atoms with Gasteiger partial charge < -0.3 is 14.3 Å². The molecule has 32 heavy (non-hydrogen) atoms. The van der Waals surface area contributed by atoms with Gasteiger partial charge in [-0.25, -0.2) is 9.97 Å². The molecule has 4 aromatic heterocycles. The molecule has 164 valence electrons. The number of carbonyl (C=O) groups is 1. The van der Waals surface area contributed by atoms with Crippen LogP contribution >= 0.6 is 0 Å². The third-order valence-electron chi connectivity index (χ3n) is 5.98. The molecule has 0 bridgehead atoms. The Hall–Kier alpha value is -3.52. The summed E-state index contributed by atoms with van der Waals surface area (Å²) in [6.07, 6.45) is 12.3. The van der Waals surface area contributed by atoms with Gasteiger partial charge >= 0.3 is 0 Å². The van der Waals surface area contributed by atoms with Crippen LogP contribution in [0.5, 0.6) is 0 Å². The molecule has 0 aromatic carbocycles. The van der Waals surface area contributed by atoms with Gasteiger partial charge in [0, 0.05) is 44.4 Å². The number of aromatic nitrogens is 5. The molecule has 4 aromatic rings. The van der Waals surface area contributed by atoms with E-state index in [9.17, 15) is 4.79 Å². The maximum Gasteiger partial charge on any atom is 0.272 e. The highest BCUT2D eigenvalue weighted by molar-refractivity contribution is 5.99. The van der Waals surface area contributed by atoms with E-state index in [0.29, 0.717) is 12.2 Å². The summed E-state index contributed by atoms with van der Waals surface area (Å²) in [5, 5.41) is 3.04. The van der Waals surface area contributed by atoms with Gasteiger partial charge in [0.15, 0.2) is 5.69 Å². The second kappa shape index (κ2) is 9.32. The maximum atomic E-state index is 13.0. The molecule has 0 aliphatic carbocycles. The summed E-state index contributed by atoms with van der Waals surface area (Å²) < 4.78 is 4.08. The van der Waals surface area contributed by atoms with Crippen molar-refractivity contribution in [2.75, 3.05) is 13.1 Å². The first-order valence-corrected chi connectivity index (χ1v) is 11.1. The van der Waals surface area contributed by atoms with E-state index < -0.39 is 0 Å². The third kappa shape index (κ3) is 4.27. The van der Waals surface area contributed by atoms with Gasteiger partial charge in [-0.2, -0.15) is 0 Å². The van der Waals surface area contributed by atoms with Crippen LogP contribution in [0, 0.1) is 0 Å². The molecule has 1 atom stereocenters. The lowest BCUT2D eigenvalue weighted by molar-refractivity contribution is 0.0949. The zero-order valence-corrected chi connectivity index (χ0v) is 18.0. The lowest BCUT2D eigenvalue weighted by Gasteiger charge is -2.23. The van der Waals surface area contributed by atoms with Crippen LogP contribution in [-0.4, -0.2) is 47.8 Å². The lowest BCUT2D eigenvalue weighted by Crippen LogP contribution is -2.26. The SMILES string of the molecule is O=C(NCCCn1ccnc1)c1nc(C2CCCN2Cc2ccccn2)n2ccccc12. The number of rotatable bonds is 8. The number of pyridine rings is 2. The van der Waals surface area contributed by atoms with Gasteiger partial charge in [0.1, 0.15) is 5.82 Å². The largest absolute Gasteiger partial charge is 0.351 e. The number of hydrogen-bond acceptors (Lipinski definition) is 5. The summed E-state index contributed by atoms with van der Waals surface area (Å²) in [4.78, 5) is 28.8. The van der Waals surface area contributed by atoms with Crippen LogP contribution in [0.4, 0.5) is 0 Å². The summed E-state index contributed by atoms with van der Waals surface area (Å²) in [6, 6.07) is 12.1. The standard InChI is InChI=1S/C24H27N7O/c32-24(27-11-6-13-29-16-12-25-18-29)22-20-8-2-4-15-31(20)23(28-22)21-9-5-14-30(21)17-19-7-1-3-10-26-19/h1-4,7-8,10,12,15-16,18,21H,5-6,9,11,13-14,17H2,(H,27,32). The van der Waals surface area contributed by atoms with Gasteiger partial charge in [-0.3, -0.25) is 14.7 Å².